The number of hydrazine groups is 1. The van der Waals surface area contributed by atoms with Crippen LogP contribution in [0.25, 0.3) is 10.9 Å². The number of rotatable bonds is 4. The van der Waals surface area contributed by atoms with Crippen molar-refractivity contribution in [1.29, 1.82) is 0 Å². The second-order valence-electron chi connectivity index (χ2n) is 7.07. The number of methoxy groups -OCH3 is 1. The lowest BCUT2D eigenvalue weighted by Crippen LogP contribution is -2.44. The Bertz CT molecular complexity index is 1090. The van der Waals surface area contributed by atoms with Gasteiger partial charge in [-0.2, -0.15) is 22.0 Å². The molecule has 2 aromatic heterocycles. The third kappa shape index (κ3) is 3.15. The van der Waals surface area contributed by atoms with Crippen LogP contribution in [0.2, 0.25) is 0 Å². The Morgan fingerprint density at radius 3 is 2.60 bits per heavy atom. The van der Waals surface area contributed by atoms with Gasteiger partial charge in [-0.1, -0.05) is 0 Å². The van der Waals surface area contributed by atoms with E-state index in [0.29, 0.717) is 16.7 Å². The van der Waals surface area contributed by atoms with Crippen LogP contribution in [0.1, 0.15) is 18.4 Å². The van der Waals surface area contributed by atoms with E-state index in [1.54, 1.807) is 28.6 Å². The summed E-state index contributed by atoms with van der Waals surface area (Å²) in [5.41, 5.74) is 3.48. The molecule has 0 radical (unpaired) electrons. The zero-order chi connectivity index (χ0) is 21.8. The van der Waals surface area contributed by atoms with E-state index in [1.165, 1.54) is 19.2 Å². The van der Waals surface area contributed by atoms with Crippen molar-refractivity contribution in [2.45, 2.75) is 38.2 Å². The van der Waals surface area contributed by atoms with Gasteiger partial charge in [0.2, 0.25) is 0 Å². The molecule has 6 nitrogen and oxygen atoms in total. The van der Waals surface area contributed by atoms with Crippen LogP contribution in [0.4, 0.5) is 38.0 Å². The maximum absolute atomic E-state index is 13.7. The lowest BCUT2D eigenvalue weighted by molar-refractivity contribution is -0.292. The smallest absolute Gasteiger partial charge is 0.364 e. The van der Waals surface area contributed by atoms with Gasteiger partial charge in [0.05, 0.1) is 17.3 Å². The highest BCUT2D eigenvalue weighted by Gasteiger charge is 2.61. The topological polar surface area (TPSA) is 58.1 Å². The predicted molar refractivity (Wildman–Crippen MR) is 96.7 cm³/mol. The fourth-order valence-corrected chi connectivity index (χ4v) is 3.50. The molecule has 0 saturated heterocycles. The average Bonchev–Trinajstić information content (AvgIpc) is 3.22. The van der Waals surface area contributed by atoms with Gasteiger partial charge >= 0.3 is 12.1 Å². The Balaban J connectivity index is 1.75. The van der Waals surface area contributed by atoms with Gasteiger partial charge in [-0.15, -0.1) is 0 Å². The number of hydrogen-bond donors (Lipinski definition) is 2. The summed E-state index contributed by atoms with van der Waals surface area (Å²) in [7, 11) is 1.46. The minimum atomic E-state index is -5.77. The van der Waals surface area contributed by atoms with E-state index in [1.807, 2.05) is 0 Å². The number of ether oxygens (including phenoxy) is 1. The fraction of sp³-hybridized carbons (Fsp3) is 0.389. The molecule has 1 aliphatic heterocycles. The number of fused-ring (bicyclic) bond motifs is 2. The molecule has 0 aliphatic carbocycles. The summed E-state index contributed by atoms with van der Waals surface area (Å²) < 4.78 is 86.1. The van der Waals surface area contributed by atoms with Crippen LogP contribution >= 0.6 is 0 Å². The second-order valence-corrected chi connectivity index (χ2v) is 7.07. The number of aromatic amines is 1. The number of halogens is 6. The minimum absolute atomic E-state index is 0.0675. The van der Waals surface area contributed by atoms with Crippen molar-refractivity contribution in [3.63, 3.8) is 0 Å². The maximum Gasteiger partial charge on any atom is 0.461 e. The van der Waals surface area contributed by atoms with E-state index < -0.39 is 23.7 Å². The lowest BCUT2D eigenvalue weighted by Gasteiger charge is -2.35. The standard InChI is InChI=1S/C18H17F6N5O/c1-9-5-12-15(26-16(25-12)17(20,21)18(22,23)24)27-29(9)14-6-10-3-4-11(19)7-13(10)28(14)8-30-2/h3-4,6-7,9,27H,5,8H2,1-2H3,(H,25,26). The zero-order valence-corrected chi connectivity index (χ0v) is 15.8. The molecule has 4 rings (SSSR count). The molecule has 0 amide bonds. The van der Waals surface area contributed by atoms with Crippen LogP contribution in [-0.4, -0.2) is 33.9 Å². The van der Waals surface area contributed by atoms with Crippen molar-refractivity contribution >= 4 is 22.5 Å². The summed E-state index contributed by atoms with van der Waals surface area (Å²) in [5, 5.41) is 2.28. The van der Waals surface area contributed by atoms with E-state index in [9.17, 15) is 26.3 Å². The largest absolute Gasteiger partial charge is 0.461 e. The number of benzene rings is 1. The molecule has 0 bridgehead atoms. The summed E-state index contributed by atoms with van der Waals surface area (Å²) in [6.45, 7) is 1.83. The lowest BCUT2D eigenvalue weighted by atomic mass is 10.1. The molecule has 0 fully saturated rings. The highest BCUT2D eigenvalue weighted by Crippen LogP contribution is 2.44. The first kappa shape index (κ1) is 20.4. The van der Waals surface area contributed by atoms with Crippen LogP contribution < -0.4 is 10.4 Å². The number of imidazole rings is 1. The molecule has 162 valence electrons. The number of anilines is 2. The van der Waals surface area contributed by atoms with Gasteiger partial charge in [0, 0.05) is 18.9 Å². The van der Waals surface area contributed by atoms with E-state index in [4.69, 9.17) is 4.74 Å². The molecule has 2 N–H and O–H groups in total. The average molecular weight is 433 g/mol. The SMILES string of the molecule is COCn1c(N2Nc3nc(C(F)(F)C(F)(F)F)[nH]c3CC2C)cc2ccc(F)cc21. The van der Waals surface area contributed by atoms with Crippen molar-refractivity contribution in [2.75, 3.05) is 17.5 Å². The van der Waals surface area contributed by atoms with Crippen LogP contribution in [0.3, 0.4) is 0 Å². The third-order valence-corrected chi connectivity index (χ3v) is 4.95. The second kappa shape index (κ2) is 6.83. The van der Waals surface area contributed by atoms with Gasteiger partial charge in [0.25, 0.3) is 0 Å². The summed E-state index contributed by atoms with van der Waals surface area (Å²) in [6.07, 6.45) is -5.64. The summed E-state index contributed by atoms with van der Waals surface area (Å²) in [5.74, 6) is -6.64. The van der Waals surface area contributed by atoms with Crippen LogP contribution in [0, 0.1) is 5.82 Å². The first-order valence-corrected chi connectivity index (χ1v) is 8.90. The Morgan fingerprint density at radius 1 is 1.20 bits per heavy atom. The number of H-pyrrole nitrogens is 1. The molecule has 1 unspecified atom stereocenters. The normalized spacial score (nSPS) is 17.3. The Kier molecular flexibility index (Phi) is 4.64. The number of nitrogens with one attached hydrogen (secondary N) is 2. The quantitative estimate of drug-likeness (QED) is 0.594. The molecule has 1 aromatic carbocycles. The Hall–Kier alpha value is -2.89. The van der Waals surface area contributed by atoms with Crippen LogP contribution in [-0.2, 0) is 23.8 Å². The fourth-order valence-electron chi connectivity index (χ4n) is 3.50. The highest BCUT2D eigenvalue weighted by molar-refractivity contribution is 5.86. The van der Waals surface area contributed by atoms with E-state index in [2.05, 4.69) is 15.4 Å². The molecule has 12 heteroatoms. The summed E-state index contributed by atoms with van der Waals surface area (Å²) in [6, 6.07) is 5.59. The Morgan fingerprint density at radius 2 is 1.93 bits per heavy atom. The summed E-state index contributed by atoms with van der Waals surface area (Å²) in [4.78, 5) is 5.57. The highest BCUT2D eigenvalue weighted by atomic mass is 19.4. The molecular weight excluding hydrogens is 416 g/mol. The molecule has 3 aromatic rings. The van der Waals surface area contributed by atoms with Crippen molar-refractivity contribution in [3.05, 3.63) is 41.6 Å². The first-order chi connectivity index (χ1) is 14.0. The number of hydrogen-bond acceptors (Lipinski definition) is 4. The molecular formula is C18H17F6N5O. The van der Waals surface area contributed by atoms with Crippen molar-refractivity contribution < 1.29 is 31.1 Å². The minimum Gasteiger partial charge on any atom is -0.364 e. The third-order valence-electron chi connectivity index (χ3n) is 4.95. The molecule has 1 aliphatic rings. The van der Waals surface area contributed by atoms with Crippen molar-refractivity contribution in [2.24, 2.45) is 0 Å². The van der Waals surface area contributed by atoms with Crippen molar-refractivity contribution in [1.82, 2.24) is 14.5 Å². The predicted octanol–water partition coefficient (Wildman–Crippen LogP) is 4.54. The molecule has 3 heterocycles. The van der Waals surface area contributed by atoms with Crippen molar-refractivity contribution in [3.8, 4) is 0 Å². The van der Waals surface area contributed by atoms with E-state index in [-0.39, 0.29) is 30.7 Å². The maximum atomic E-state index is 13.7. The molecule has 1 atom stereocenters. The van der Waals surface area contributed by atoms with Gasteiger partial charge in [0.15, 0.2) is 11.6 Å². The van der Waals surface area contributed by atoms with E-state index >= 15 is 0 Å². The molecule has 30 heavy (non-hydrogen) atoms. The van der Waals surface area contributed by atoms with Crippen LogP contribution in [0.5, 0.6) is 0 Å². The Labute approximate surface area is 166 Å². The number of aromatic nitrogens is 3. The van der Waals surface area contributed by atoms with Gasteiger partial charge in [0.1, 0.15) is 18.4 Å². The first-order valence-electron chi connectivity index (χ1n) is 8.90. The van der Waals surface area contributed by atoms with Gasteiger partial charge < -0.3 is 14.3 Å². The summed E-state index contributed by atoms with van der Waals surface area (Å²) >= 11 is 0. The molecule has 0 saturated carbocycles. The van der Waals surface area contributed by atoms with Crippen LogP contribution in [0.15, 0.2) is 24.3 Å². The zero-order valence-electron chi connectivity index (χ0n) is 15.8. The number of alkyl halides is 5. The molecule has 0 spiro atoms. The number of nitrogens with zero attached hydrogens (tertiary/aromatic N) is 3. The monoisotopic (exact) mass is 433 g/mol. The van der Waals surface area contributed by atoms with Gasteiger partial charge in [-0.05, 0) is 31.2 Å². The van der Waals surface area contributed by atoms with Gasteiger partial charge in [-0.25, -0.2) is 9.37 Å². The van der Waals surface area contributed by atoms with Gasteiger partial charge in [-0.3, -0.25) is 10.4 Å². The van der Waals surface area contributed by atoms with E-state index in [0.717, 1.165) is 0 Å².